The van der Waals surface area contributed by atoms with Gasteiger partial charge in [0.2, 0.25) is 0 Å². The molecule has 0 bridgehead atoms. The van der Waals surface area contributed by atoms with Gasteiger partial charge in [-0.15, -0.1) is 0 Å². The molecule has 0 spiro atoms. The van der Waals surface area contributed by atoms with E-state index in [1.54, 1.807) is 0 Å². The van der Waals surface area contributed by atoms with Gasteiger partial charge in [0.1, 0.15) is 11.1 Å². The zero-order valence-corrected chi connectivity index (χ0v) is 22.2. The van der Waals surface area contributed by atoms with Gasteiger partial charge in [-0.2, -0.15) is 10.4 Å². The first-order valence-corrected chi connectivity index (χ1v) is 12.9. The minimum atomic E-state index is -0.545. The van der Waals surface area contributed by atoms with Crippen LogP contribution in [0, 0.1) is 18.3 Å². The fourth-order valence-corrected chi connectivity index (χ4v) is 4.84. The van der Waals surface area contributed by atoms with Crippen LogP contribution < -0.4 is 10.2 Å². The third-order valence-corrected chi connectivity index (χ3v) is 6.58. The van der Waals surface area contributed by atoms with Crippen molar-refractivity contribution in [1.82, 2.24) is 20.1 Å². The molecule has 4 aromatic rings. The number of amides is 1. The Morgan fingerprint density at radius 3 is 2.53 bits per heavy atom. The Kier molecular flexibility index (Phi) is 6.77. The predicted octanol–water partition coefficient (Wildman–Crippen LogP) is 5.76. The van der Waals surface area contributed by atoms with Crippen LogP contribution in [0.1, 0.15) is 44.7 Å². The molecule has 0 unspecified atom stereocenters. The maximum absolute atomic E-state index is 12.4. The highest BCUT2D eigenvalue weighted by molar-refractivity contribution is 5.99. The van der Waals surface area contributed by atoms with Crippen LogP contribution in [-0.2, 0) is 4.74 Å². The lowest BCUT2D eigenvalue weighted by Gasteiger charge is -2.34. The molecule has 5 rings (SSSR count). The number of anilines is 1. The van der Waals surface area contributed by atoms with E-state index in [4.69, 9.17) is 14.8 Å². The SMILES string of the molecule is Cc1ccc(-n2nc3c(N4CCC[C@@H](NC(=O)OC(C)(C)C)C4)nccc3c2-c2ccc(C#N)cc2)cc1. The Bertz CT molecular complexity index is 1490. The molecule has 1 atom stereocenters. The van der Waals surface area contributed by atoms with E-state index in [-0.39, 0.29) is 6.04 Å². The van der Waals surface area contributed by atoms with Crippen LogP contribution in [0.2, 0.25) is 0 Å². The number of nitrogens with one attached hydrogen (secondary N) is 1. The van der Waals surface area contributed by atoms with Crippen LogP contribution in [0.25, 0.3) is 27.8 Å². The monoisotopic (exact) mass is 508 g/mol. The van der Waals surface area contributed by atoms with Crippen molar-refractivity contribution in [3.8, 4) is 23.0 Å². The van der Waals surface area contributed by atoms with Gasteiger partial charge in [0.15, 0.2) is 5.82 Å². The van der Waals surface area contributed by atoms with Crippen molar-refractivity contribution < 1.29 is 9.53 Å². The Balaban J connectivity index is 1.55. The average Bonchev–Trinajstić information content (AvgIpc) is 3.28. The normalized spacial score (nSPS) is 15.8. The van der Waals surface area contributed by atoms with Crippen molar-refractivity contribution in [2.45, 2.75) is 52.2 Å². The average molecular weight is 509 g/mol. The molecule has 2 aromatic carbocycles. The lowest BCUT2D eigenvalue weighted by atomic mass is 10.0. The summed E-state index contributed by atoms with van der Waals surface area (Å²) in [4.78, 5) is 19.4. The predicted molar refractivity (Wildman–Crippen MR) is 148 cm³/mol. The van der Waals surface area contributed by atoms with E-state index >= 15 is 0 Å². The number of pyridine rings is 1. The van der Waals surface area contributed by atoms with Crippen molar-refractivity contribution in [3.05, 3.63) is 71.9 Å². The van der Waals surface area contributed by atoms with Crippen LogP contribution in [0.4, 0.5) is 10.6 Å². The number of fused-ring (bicyclic) bond motifs is 1. The number of piperidine rings is 1. The summed E-state index contributed by atoms with van der Waals surface area (Å²) in [7, 11) is 0. The summed E-state index contributed by atoms with van der Waals surface area (Å²) < 4.78 is 7.43. The zero-order valence-electron chi connectivity index (χ0n) is 22.2. The minimum Gasteiger partial charge on any atom is -0.444 e. The van der Waals surface area contributed by atoms with Crippen molar-refractivity contribution in [2.75, 3.05) is 18.0 Å². The highest BCUT2D eigenvalue weighted by atomic mass is 16.6. The highest BCUT2D eigenvalue weighted by Gasteiger charge is 2.27. The maximum Gasteiger partial charge on any atom is 0.407 e. The number of aromatic nitrogens is 3. The molecule has 0 saturated carbocycles. The van der Waals surface area contributed by atoms with E-state index in [2.05, 4.69) is 47.5 Å². The molecule has 3 heterocycles. The molecule has 0 radical (unpaired) electrons. The first-order chi connectivity index (χ1) is 18.2. The number of aryl methyl sites for hydroxylation is 1. The number of hydrogen-bond donors (Lipinski definition) is 1. The second-order valence-electron chi connectivity index (χ2n) is 10.7. The fourth-order valence-electron chi connectivity index (χ4n) is 4.84. The zero-order chi connectivity index (χ0) is 26.9. The number of benzene rings is 2. The Morgan fingerprint density at radius 2 is 1.84 bits per heavy atom. The minimum absolute atomic E-state index is 0.0483. The summed E-state index contributed by atoms with van der Waals surface area (Å²) in [5.74, 6) is 0.791. The van der Waals surface area contributed by atoms with Gasteiger partial charge in [0.25, 0.3) is 0 Å². The summed E-state index contributed by atoms with van der Waals surface area (Å²) in [6.07, 6.45) is 3.21. The van der Waals surface area contributed by atoms with E-state index in [0.29, 0.717) is 12.1 Å². The highest BCUT2D eigenvalue weighted by Crippen LogP contribution is 2.35. The number of nitrogens with zero attached hydrogens (tertiary/aromatic N) is 5. The van der Waals surface area contributed by atoms with E-state index in [0.717, 1.165) is 53.1 Å². The third kappa shape index (κ3) is 5.32. The first-order valence-electron chi connectivity index (χ1n) is 12.9. The Hall–Kier alpha value is -4.38. The summed E-state index contributed by atoms with van der Waals surface area (Å²) in [6.45, 7) is 9.09. The number of hydrogen-bond acceptors (Lipinski definition) is 6. The molecule has 194 valence electrons. The standard InChI is InChI=1S/C30H32N6O2/c1-20-7-13-24(14-8-20)36-27(22-11-9-21(18-31)10-12-22)25-15-16-32-28(26(25)34-36)35-17-5-6-23(19-35)33-29(37)38-30(2,3)4/h7-16,23H,5-6,17,19H2,1-4H3,(H,33,37)/t23-/m1/s1. The van der Waals surface area contributed by atoms with Crippen LogP contribution in [-0.4, -0.2) is 45.6 Å². The summed E-state index contributed by atoms with van der Waals surface area (Å²) in [5.41, 5.74) is 4.88. The van der Waals surface area contributed by atoms with Gasteiger partial charge in [0, 0.05) is 36.3 Å². The molecule has 8 heteroatoms. The lowest BCUT2D eigenvalue weighted by Crippen LogP contribution is -2.49. The molecule has 2 aromatic heterocycles. The maximum atomic E-state index is 12.4. The summed E-state index contributed by atoms with van der Waals surface area (Å²) >= 11 is 0. The topological polar surface area (TPSA) is 96.1 Å². The number of carbonyl (C=O) groups excluding carboxylic acids is 1. The van der Waals surface area contributed by atoms with Crippen LogP contribution >= 0.6 is 0 Å². The van der Waals surface area contributed by atoms with Crippen molar-refractivity contribution in [1.29, 1.82) is 5.26 Å². The Morgan fingerprint density at radius 1 is 1.11 bits per heavy atom. The molecule has 1 saturated heterocycles. The third-order valence-electron chi connectivity index (χ3n) is 6.58. The molecule has 0 aliphatic carbocycles. The van der Waals surface area contributed by atoms with Gasteiger partial charge >= 0.3 is 6.09 Å². The molecule has 1 N–H and O–H groups in total. The smallest absolute Gasteiger partial charge is 0.407 e. The van der Waals surface area contributed by atoms with Gasteiger partial charge < -0.3 is 15.0 Å². The molecule has 1 amide bonds. The van der Waals surface area contributed by atoms with Gasteiger partial charge in [0.05, 0.1) is 23.0 Å². The number of ether oxygens (including phenoxy) is 1. The van der Waals surface area contributed by atoms with Crippen molar-refractivity contribution >= 4 is 22.8 Å². The second-order valence-corrected chi connectivity index (χ2v) is 10.7. The molecule has 1 fully saturated rings. The van der Waals surface area contributed by atoms with Crippen LogP contribution in [0.5, 0.6) is 0 Å². The van der Waals surface area contributed by atoms with E-state index in [1.807, 2.05) is 62.0 Å². The van der Waals surface area contributed by atoms with Crippen molar-refractivity contribution in [2.24, 2.45) is 0 Å². The molecule has 38 heavy (non-hydrogen) atoms. The fraction of sp³-hybridized carbons (Fsp3) is 0.333. The van der Waals surface area contributed by atoms with Gasteiger partial charge in [-0.05, 0) is 70.9 Å². The number of carbonyl (C=O) groups is 1. The van der Waals surface area contributed by atoms with E-state index < -0.39 is 11.7 Å². The second kappa shape index (κ2) is 10.2. The van der Waals surface area contributed by atoms with Gasteiger partial charge in [-0.3, -0.25) is 0 Å². The first kappa shape index (κ1) is 25.3. The molecular formula is C30H32N6O2. The molecule has 8 nitrogen and oxygen atoms in total. The van der Waals surface area contributed by atoms with Crippen LogP contribution in [0.15, 0.2) is 60.8 Å². The Labute approximate surface area is 222 Å². The van der Waals surface area contributed by atoms with Crippen molar-refractivity contribution in [3.63, 3.8) is 0 Å². The van der Waals surface area contributed by atoms with Gasteiger partial charge in [-0.1, -0.05) is 29.8 Å². The number of alkyl carbamates (subject to hydrolysis) is 1. The van der Waals surface area contributed by atoms with E-state index in [9.17, 15) is 10.1 Å². The van der Waals surface area contributed by atoms with E-state index in [1.165, 1.54) is 5.56 Å². The number of rotatable bonds is 4. The molecule has 1 aliphatic rings. The largest absolute Gasteiger partial charge is 0.444 e. The number of nitriles is 1. The molecule has 1 aliphatic heterocycles. The van der Waals surface area contributed by atoms with Gasteiger partial charge in [-0.25, -0.2) is 14.5 Å². The van der Waals surface area contributed by atoms with Crippen LogP contribution in [0.3, 0.4) is 0 Å². The summed E-state index contributed by atoms with van der Waals surface area (Å²) in [5, 5.41) is 18.4. The summed E-state index contributed by atoms with van der Waals surface area (Å²) in [6, 6.07) is 20.0. The quantitative estimate of drug-likeness (QED) is 0.376. The lowest BCUT2D eigenvalue weighted by molar-refractivity contribution is 0.0500. The molecular weight excluding hydrogens is 476 g/mol.